The summed E-state index contributed by atoms with van der Waals surface area (Å²) in [5.41, 5.74) is 2.54. The second-order valence-corrected chi connectivity index (χ2v) is 6.32. The van der Waals surface area contributed by atoms with Crippen LogP contribution in [0.2, 0.25) is 0 Å². The van der Waals surface area contributed by atoms with E-state index in [2.05, 4.69) is 33.5 Å². The third-order valence-electron chi connectivity index (χ3n) is 4.58. The van der Waals surface area contributed by atoms with Crippen molar-refractivity contribution in [2.45, 2.75) is 45.5 Å². The van der Waals surface area contributed by atoms with Gasteiger partial charge in [0, 0.05) is 39.0 Å². The highest BCUT2D eigenvalue weighted by Crippen LogP contribution is 2.18. The topological polar surface area (TPSA) is 39.5 Å². The molecular formula is C19H27N3O2. The first-order valence-electron chi connectivity index (χ1n) is 8.74. The summed E-state index contributed by atoms with van der Waals surface area (Å²) in [4.78, 5) is 6.76. The molecule has 1 aliphatic rings. The maximum atomic E-state index is 5.85. The quantitative estimate of drug-likeness (QED) is 0.746. The van der Waals surface area contributed by atoms with Crippen LogP contribution in [0.3, 0.4) is 0 Å². The molecule has 24 heavy (non-hydrogen) atoms. The molecule has 0 bridgehead atoms. The molecule has 3 rings (SSSR count). The lowest BCUT2D eigenvalue weighted by atomic mass is 10.1. The summed E-state index contributed by atoms with van der Waals surface area (Å²) >= 11 is 0. The van der Waals surface area contributed by atoms with Crippen LogP contribution in [0.15, 0.2) is 36.8 Å². The summed E-state index contributed by atoms with van der Waals surface area (Å²) in [6.45, 7) is 6.75. The molecule has 1 saturated heterocycles. The van der Waals surface area contributed by atoms with Gasteiger partial charge in [-0.05, 0) is 37.5 Å². The minimum atomic E-state index is 0.348. The van der Waals surface area contributed by atoms with E-state index in [-0.39, 0.29) is 0 Å². The Morgan fingerprint density at radius 2 is 2.12 bits per heavy atom. The van der Waals surface area contributed by atoms with Crippen molar-refractivity contribution in [1.82, 2.24) is 14.5 Å². The Kier molecular flexibility index (Phi) is 5.88. The Bertz CT molecular complexity index is 618. The Labute approximate surface area is 144 Å². The van der Waals surface area contributed by atoms with E-state index in [1.54, 1.807) is 7.11 Å². The third kappa shape index (κ3) is 4.36. The number of rotatable bonds is 8. The molecule has 5 heteroatoms. The van der Waals surface area contributed by atoms with Crippen LogP contribution in [-0.2, 0) is 24.4 Å². The van der Waals surface area contributed by atoms with E-state index < -0.39 is 0 Å². The van der Waals surface area contributed by atoms with E-state index >= 15 is 0 Å². The fraction of sp³-hybridized carbons (Fsp3) is 0.526. The molecule has 2 aromatic rings. The fourth-order valence-electron chi connectivity index (χ4n) is 3.24. The minimum Gasteiger partial charge on any atom is -0.497 e. The maximum absolute atomic E-state index is 5.85. The first-order valence-corrected chi connectivity index (χ1v) is 8.74. The third-order valence-corrected chi connectivity index (χ3v) is 4.58. The maximum Gasteiger partial charge on any atom is 0.118 e. The van der Waals surface area contributed by atoms with Crippen molar-refractivity contribution in [2.24, 2.45) is 0 Å². The Morgan fingerprint density at radius 3 is 2.79 bits per heavy atom. The van der Waals surface area contributed by atoms with E-state index in [0.717, 1.165) is 45.0 Å². The number of aromatic nitrogens is 2. The van der Waals surface area contributed by atoms with Gasteiger partial charge in [0.2, 0.25) is 0 Å². The van der Waals surface area contributed by atoms with Crippen molar-refractivity contribution in [3.63, 3.8) is 0 Å². The normalized spacial score (nSPS) is 17.5. The molecule has 5 nitrogen and oxygen atoms in total. The second kappa shape index (κ2) is 8.31. The number of methoxy groups -OCH3 is 1. The van der Waals surface area contributed by atoms with Crippen LogP contribution < -0.4 is 4.74 Å². The zero-order valence-electron chi connectivity index (χ0n) is 14.6. The molecule has 0 spiro atoms. The monoisotopic (exact) mass is 329 g/mol. The molecule has 1 aromatic carbocycles. The van der Waals surface area contributed by atoms with Gasteiger partial charge in [-0.1, -0.05) is 12.1 Å². The number of hydrogen-bond donors (Lipinski definition) is 0. The summed E-state index contributed by atoms with van der Waals surface area (Å²) in [6, 6.07) is 8.32. The summed E-state index contributed by atoms with van der Waals surface area (Å²) in [5.74, 6) is 0.897. The van der Waals surface area contributed by atoms with Crippen molar-refractivity contribution < 1.29 is 9.47 Å². The summed E-state index contributed by atoms with van der Waals surface area (Å²) in [7, 11) is 1.70. The van der Waals surface area contributed by atoms with E-state index in [4.69, 9.17) is 9.47 Å². The van der Waals surface area contributed by atoms with Gasteiger partial charge in [-0.2, -0.15) is 0 Å². The predicted octanol–water partition coefficient (Wildman–Crippen LogP) is 3.09. The minimum absolute atomic E-state index is 0.348. The SMILES string of the molecule is CCn1cncc1CN(Cc1ccc(OC)cc1)C[C@@H]1CCCO1. The number of aryl methyl sites for hydroxylation is 1. The first kappa shape index (κ1) is 17.0. The molecule has 1 fully saturated rings. The van der Waals surface area contributed by atoms with Crippen LogP contribution in [0.4, 0.5) is 0 Å². The lowest BCUT2D eigenvalue weighted by molar-refractivity contribution is 0.0671. The van der Waals surface area contributed by atoms with E-state index in [1.807, 2.05) is 24.7 Å². The average molecular weight is 329 g/mol. The van der Waals surface area contributed by atoms with Gasteiger partial charge < -0.3 is 14.0 Å². The summed E-state index contributed by atoms with van der Waals surface area (Å²) < 4.78 is 13.3. The number of nitrogens with zero attached hydrogens (tertiary/aromatic N) is 3. The smallest absolute Gasteiger partial charge is 0.118 e. The van der Waals surface area contributed by atoms with Gasteiger partial charge in [0.05, 0.1) is 25.2 Å². The Hall–Kier alpha value is -1.85. The van der Waals surface area contributed by atoms with Gasteiger partial charge in [-0.25, -0.2) is 4.98 Å². The molecule has 0 N–H and O–H groups in total. The van der Waals surface area contributed by atoms with Gasteiger partial charge >= 0.3 is 0 Å². The molecule has 130 valence electrons. The molecule has 1 aliphatic heterocycles. The average Bonchev–Trinajstić information content (AvgIpc) is 3.27. The van der Waals surface area contributed by atoms with Crippen LogP contribution >= 0.6 is 0 Å². The highest BCUT2D eigenvalue weighted by molar-refractivity contribution is 5.27. The number of imidazole rings is 1. The molecular weight excluding hydrogens is 302 g/mol. The van der Waals surface area contributed by atoms with Crippen LogP contribution in [0.25, 0.3) is 0 Å². The van der Waals surface area contributed by atoms with Gasteiger partial charge in [0.1, 0.15) is 5.75 Å². The number of ether oxygens (including phenoxy) is 2. The Morgan fingerprint density at radius 1 is 1.29 bits per heavy atom. The lowest BCUT2D eigenvalue weighted by Crippen LogP contribution is -2.32. The van der Waals surface area contributed by atoms with E-state index in [0.29, 0.717) is 6.10 Å². The predicted molar refractivity (Wildman–Crippen MR) is 94.0 cm³/mol. The number of benzene rings is 1. The zero-order valence-corrected chi connectivity index (χ0v) is 14.6. The largest absolute Gasteiger partial charge is 0.497 e. The molecule has 0 saturated carbocycles. The molecule has 0 unspecified atom stereocenters. The number of hydrogen-bond acceptors (Lipinski definition) is 4. The summed E-state index contributed by atoms with van der Waals surface area (Å²) in [6.07, 6.45) is 6.56. The van der Waals surface area contributed by atoms with E-state index in [1.165, 1.54) is 17.7 Å². The summed E-state index contributed by atoms with van der Waals surface area (Å²) in [5, 5.41) is 0. The second-order valence-electron chi connectivity index (χ2n) is 6.32. The highest BCUT2D eigenvalue weighted by Gasteiger charge is 2.20. The van der Waals surface area contributed by atoms with Crippen LogP contribution in [0.1, 0.15) is 31.0 Å². The molecule has 0 amide bonds. The fourth-order valence-corrected chi connectivity index (χ4v) is 3.24. The van der Waals surface area contributed by atoms with Gasteiger partial charge in [-0.3, -0.25) is 4.90 Å². The van der Waals surface area contributed by atoms with E-state index in [9.17, 15) is 0 Å². The van der Waals surface area contributed by atoms with Gasteiger partial charge in [0.25, 0.3) is 0 Å². The molecule has 0 aliphatic carbocycles. The molecule has 1 aromatic heterocycles. The molecule has 1 atom stereocenters. The first-order chi connectivity index (χ1) is 11.8. The van der Waals surface area contributed by atoms with Gasteiger partial charge in [-0.15, -0.1) is 0 Å². The van der Waals surface area contributed by atoms with Crippen LogP contribution in [-0.4, -0.2) is 40.8 Å². The van der Waals surface area contributed by atoms with Crippen molar-refractivity contribution in [1.29, 1.82) is 0 Å². The highest BCUT2D eigenvalue weighted by atomic mass is 16.5. The molecule has 0 radical (unpaired) electrons. The van der Waals surface area contributed by atoms with Crippen molar-refractivity contribution in [2.75, 3.05) is 20.3 Å². The lowest BCUT2D eigenvalue weighted by Gasteiger charge is -2.25. The zero-order chi connectivity index (χ0) is 16.8. The van der Waals surface area contributed by atoms with Crippen molar-refractivity contribution in [3.05, 3.63) is 48.0 Å². The Balaban J connectivity index is 1.70. The van der Waals surface area contributed by atoms with Crippen LogP contribution in [0, 0.1) is 0 Å². The van der Waals surface area contributed by atoms with Gasteiger partial charge in [0.15, 0.2) is 0 Å². The van der Waals surface area contributed by atoms with Crippen LogP contribution in [0.5, 0.6) is 5.75 Å². The van der Waals surface area contributed by atoms with Crippen molar-refractivity contribution >= 4 is 0 Å². The van der Waals surface area contributed by atoms with Crippen molar-refractivity contribution in [3.8, 4) is 5.75 Å². The standard InChI is InChI=1S/C19H27N3O2/c1-3-22-15-20-11-17(22)13-21(14-19-5-4-10-24-19)12-16-6-8-18(23-2)9-7-16/h6-9,11,15,19H,3-5,10,12-14H2,1-2H3/t19-/m0/s1. The molecule has 2 heterocycles.